The summed E-state index contributed by atoms with van der Waals surface area (Å²) in [4.78, 5) is 6.76. The molecule has 16 heavy (non-hydrogen) atoms. The second-order valence-electron chi connectivity index (χ2n) is 4.24. The maximum Gasteiger partial charge on any atom is 0.0802 e. The van der Waals surface area contributed by atoms with Crippen LogP contribution in [0.25, 0.3) is 0 Å². The summed E-state index contributed by atoms with van der Waals surface area (Å²) in [7, 11) is 0. The Hall–Kier alpha value is -0.450. The molecule has 4 heteroatoms. The number of pyridine rings is 1. The van der Waals surface area contributed by atoms with Gasteiger partial charge in [0.05, 0.1) is 17.9 Å². The molecule has 0 N–H and O–H groups in total. The lowest BCUT2D eigenvalue weighted by Gasteiger charge is -2.35. The number of halogens is 1. The molecule has 88 valence electrons. The molecule has 0 aromatic carbocycles. The first-order chi connectivity index (χ1) is 7.78. The number of aromatic nitrogens is 1. The Bertz CT molecular complexity index is 320. The second-order valence-corrected chi connectivity index (χ2v) is 4.89. The van der Waals surface area contributed by atoms with E-state index >= 15 is 0 Å². The summed E-state index contributed by atoms with van der Waals surface area (Å²) < 4.78 is 5.79. The van der Waals surface area contributed by atoms with E-state index < -0.39 is 0 Å². The van der Waals surface area contributed by atoms with Crippen LogP contribution < -0.4 is 0 Å². The van der Waals surface area contributed by atoms with Gasteiger partial charge in [-0.1, -0.05) is 22.0 Å². The third kappa shape index (κ3) is 3.27. The highest BCUT2D eigenvalue weighted by molar-refractivity contribution is 9.09. The molecular formula is C12H17BrN2O. The van der Waals surface area contributed by atoms with Crippen molar-refractivity contribution in [2.45, 2.75) is 25.7 Å². The molecule has 0 amide bonds. The Morgan fingerprint density at radius 1 is 1.50 bits per heavy atom. The van der Waals surface area contributed by atoms with Crippen molar-refractivity contribution < 1.29 is 4.74 Å². The van der Waals surface area contributed by atoms with Crippen LogP contribution in [-0.4, -0.2) is 40.5 Å². The summed E-state index contributed by atoms with van der Waals surface area (Å²) in [6, 6.07) is 6.06. The number of morpholine rings is 1. The van der Waals surface area contributed by atoms with Gasteiger partial charge in [-0.3, -0.25) is 9.88 Å². The average Bonchev–Trinajstić information content (AvgIpc) is 2.29. The van der Waals surface area contributed by atoms with Gasteiger partial charge >= 0.3 is 0 Å². The largest absolute Gasteiger partial charge is 0.372 e. The molecule has 0 bridgehead atoms. The minimum absolute atomic E-state index is 0.299. The van der Waals surface area contributed by atoms with Crippen molar-refractivity contribution in [3.05, 3.63) is 30.1 Å². The molecular weight excluding hydrogens is 268 g/mol. The molecule has 2 unspecified atom stereocenters. The van der Waals surface area contributed by atoms with Crippen molar-refractivity contribution in [1.82, 2.24) is 9.88 Å². The Balaban J connectivity index is 1.94. The topological polar surface area (TPSA) is 25.4 Å². The summed E-state index contributed by atoms with van der Waals surface area (Å²) in [5, 5.41) is 0.899. The first-order valence-corrected chi connectivity index (χ1v) is 6.73. The standard InChI is InChI=1S/C12H17BrN2O/c1-10-7-15(9-12(6-13)16-10)8-11-4-2-3-5-14-11/h2-5,10,12H,6-9H2,1H3. The molecule has 3 nitrogen and oxygen atoms in total. The van der Waals surface area contributed by atoms with Crippen molar-refractivity contribution in [2.24, 2.45) is 0 Å². The molecule has 2 rings (SSSR count). The number of ether oxygens (including phenoxy) is 1. The Labute approximate surface area is 105 Å². The molecule has 1 aromatic rings. The Morgan fingerprint density at radius 2 is 2.38 bits per heavy atom. The number of hydrogen-bond donors (Lipinski definition) is 0. The lowest BCUT2D eigenvalue weighted by atomic mass is 10.2. The summed E-state index contributed by atoms with van der Waals surface area (Å²) in [6.07, 6.45) is 2.45. The van der Waals surface area contributed by atoms with Crippen molar-refractivity contribution in [2.75, 3.05) is 18.4 Å². The second kappa shape index (κ2) is 5.75. The van der Waals surface area contributed by atoms with Crippen molar-refractivity contribution in [3.8, 4) is 0 Å². The van der Waals surface area contributed by atoms with Crippen LogP contribution >= 0.6 is 15.9 Å². The summed E-state index contributed by atoms with van der Waals surface area (Å²) in [5.74, 6) is 0. The minimum atomic E-state index is 0.299. The Kier molecular flexibility index (Phi) is 4.32. The first kappa shape index (κ1) is 12.0. The summed E-state index contributed by atoms with van der Waals surface area (Å²) in [6.45, 7) is 5.00. The number of rotatable bonds is 3. The highest BCUT2D eigenvalue weighted by Gasteiger charge is 2.24. The summed E-state index contributed by atoms with van der Waals surface area (Å²) in [5.41, 5.74) is 1.13. The van der Waals surface area contributed by atoms with E-state index in [0.29, 0.717) is 12.2 Å². The van der Waals surface area contributed by atoms with Crippen molar-refractivity contribution in [3.63, 3.8) is 0 Å². The van der Waals surface area contributed by atoms with Crippen LogP contribution in [0.4, 0.5) is 0 Å². The van der Waals surface area contributed by atoms with Crippen LogP contribution in [0.1, 0.15) is 12.6 Å². The minimum Gasteiger partial charge on any atom is -0.372 e. The normalized spacial score (nSPS) is 26.9. The third-order valence-electron chi connectivity index (χ3n) is 2.69. The van der Waals surface area contributed by atoms with Gasteiger partial charge in [-0.15, -0.1) is 0 Å². The molecule has 2 heterocycles. The van der Waals surface area contributed by atoms with E-state index in [1.165, 1.54) is 0 Å². The van der Waals surface area contributed by atoms with Gasteiger partial charge in [0.25, 0.3) is 0 Å². The summed E-state index contributed by atoms with van der Waals surface area (Å²) >= 11 is 3.48. The smallest absolute Gasteiger partial charge is 0.0802 e. The van der Waals surface area contributed by atoms with E-state index in [9.17, 15) is 0 Å². The molecule has 1 saturated heterocycles. The Morgan fingerprint density at radius 3 is 3.06 bits per heavy atom. The fourth-order valence-electron chi connectivity index (χ4n) is 2.08. The quantitative estimate of drug-likeness (QED) is 0.795. The van der Waals surface area contributed by atoms with Crippen LogP contribution in [0, 0.1) is 0 Å². The van der Waals surface area contributed by atoms with Crippen LogP contribution in [0.5, 0.6) is 0 Å². The number of nitrogens with zero attached hydrogens (tertiary/aromatic N) is 2. The number of hydrogen-bond acceptors (Lipinski definition) is 3. The fraction of sp³-hybridized carbons (Fsp3) is 0.583. The molecule has 1 aromatic heterocycles. The molecule has 0 saturated carbocycles. The number of alkyl halides is 1. The van der Waals surface area contributed by atoms with Crippen LogP contribution in [-0.2, 0) is 11.3 Å². The highest BCUT2D eigenvalue weighted by atomic mass is 79.9. The maximum absolute atomic E-state index is 5.79. The SMILES string of the molecule is CC1CN(Cc2ccccn2)CC(CBr)O1. The molecule has 1 aliphatic rings. The molecule has 0 spiro atoms. The average molecular weight is 285 g/mol. The van der Waals surface area contributed by atoms with Gasteiger partial charge in [-0.05, 0) is 19.1 Å². The van der Waals surface area contributed by atoms with E-state index in [4.69, 9.17) is 4.74 Å². The van der Waals surface area contributed by atoms with E-state index in [2.05, 4.69) is 38.8 Å². The van der Waals surface area contributed by atoms with Gasteiger partial charge in [-0.2, -0.15) is 0 Å². The van der Waals surface area contributed by atoms with E-state index in [1.54, 1.807) is 0 Å². The molecule has 1 fully saturated rings. The zero-order valence-electron chi connectivity index (χ0n) is 9.47. The first-order valence-electron chi connectivity index (χ1n) is 5.61. The van der Waals surface area contributed by atoms with Gasteiger partial charge in [0.1, 0.15) is 0 Å². The van der Waals surface area contributed by atoms with Crippen LogP contribution in [0.3, 0.4) is 0 Å². The maximum atomic E-state index is 5.79. The molecule has 2 atom stereocenters. The van der Waals surface area contributed by atoms with Crippen LogP contribution in [0.15, 0.2) is 24.4 Å². The van der Waals surface area contributed by atoms with Crippen LogP contribution in [0.2, 0.25) is 0 Å². The highest BCUT2D eigenvalue weighted by Crippen LogP contribution is 2.14. The predicted molar refractivity (Wildman–Crippen MR) is 67.6 cm³/mol. The van der Waals surface area contributed by atoms with Crippen molar-refractivity contribution >= 4 is 15.9 Å². The van der Waals surface area contributed by atoms with E-state index in [0.717, 1.165) is 30.7 Å². The van der Waals surface area contributed by atoms with Gasteiger partial charge in [0, 0.05) is 31.2 Å². The molecule has 1 aliphatic heterocycles. The van der Waals surface area contributed by atoms with Crippen molar-refractivity contribution in [1.29, 1.82) is 0 Å². The van der Waals surface area contributed by atoms with Gasteiger partial charge < -0.3 is 4.74 Å². The third-order valence-corrected chi connectivity index (χ3v) is 3.41. The van der Waals surface area contributed by atoms with E-state index in [1.807, 2.05) is 18.3 Å². The lowest BCUT2D eigenvalue weighted by Crippen LogP contribution is -2.46. The lowest BCUT2D eigenvalue weighted by molar-refractivity contribution is -0.0680. The van der Waals surface area contributed by atoms with Gasteiger partial charge in [-0.25, -0.2) is 0 Å². The molecule has 0 radical (unpaired) electrons. The fourth-order valence-corrected chi connectivity index (χ4v) is 2.43. The monoisotopic (exact) mass is 284 g/mol. The zero-order chi connectivity index (χ0) is 11.4. The van der Waals surface area contributed by atoms with Gasteiger partial charge in [0.15, 0.2) is 0 Å². The van der Waals surface area contributed by atoms with Gasteiger partial charge in [0.2, 0.25) is 0 Å². The van der Waals surface area contributed by atoms with E-state index in [-0.39, 0.29) is 0 Å². The zero-order valence-corrected chi connectivity index (χ0v) is 11.1. The molecule has 0 aliphatic carbocycles. The predicted octanol–water partition coefficient (Wildman–Crippen LogP) is 2.07.